The lowest BCUT2D eigenvalue weighted by molar-refractivity contribution is -0.121. The van der Waals surface area contributed by atoms with Crippen LogP contribution >= 0.6 is 0 Å². The van der Waals surface area contributed by atoms with Gasteiger partial charge in [-0.2, -0.15) is 4.98 Å². The van der Waals surface area contributed by atoms with Crippen LogP contribution in [-0.4, -0.2) is 40.8 Å². The van der Waals surface area contributed by atoms with Crippen LogP contribution in [0, 0.1) is 0 Å². The van der Waals surface area contributed by atoms with Crippen LogP contribution in [-0.2, 0) is 16.6 Å². The zero-order valence-corrected chi connectivity index (χ0v) is 16.7. The number of primary amides is 1. The summed E-state index contributed by atoms with van der Waals surface area (Å²) in [4.78, 5) is 35.1. The maximum absolute atomic E-state index is 12.3. The third-order valence-electron chi connectivity index (χ3n) is 5.88. The third-order valence-corrected chi connectivity index (χ3v) is 5.88. The van der Waals surface area contributed by atoms with Gasteiger partial charge in [0.2, 0.25) is 5.95 Å². The molecule has 1 atom stereocenters. The number of hydrogen-bond donors (Lipinski definition) is 3. The molecule has 8 heteroatoms. The highest BCUT2D eigenvalue weighted by atomic mass is 16.1. The van der Waals surface area contributed by atoms with E-state index in [1.807, 2.05) is 36.9 Å². The minimum Gasteiger partial charge on any atom is -0.365 e. The first-order valence-electron chi connectivity index (χ1n) is 9.87. The number of aromatic nitrogens is 2. The molecule has 1 saturated heterocycles. The van der Waals surface area contributed by atoms with E-state index in [1.54, 1.807) is 0 Å². The van der Waals surface area contributed by atoms with Crippen molar-refractivity contribution >= 4 is 29.1 Å². The predicted molar refractivity (Wildman–Crippen MR) is 111 cm³/mol. The fourth-order valence-electron chi connectivity index (χ4n) is 4.06. The highest BCUT2D eigenvalue weighted by Crippen LogP contribution is 2.37. The van der Waals surface area contributed by atoms with E-state index in [4.69, 9.17) is 11.5 Å². The zero-order chi connectivity index (χ0) is 20.8. The maximum Gasteiger partial charge on any atom is 0.254 e. The largest absolute Gasteiger partial charge is 0.365 e. The molecule has 1 aromatic carbocycles. The monoisotopic (exact) mass is 394 g/mol. The van der Waals surface area contributed by atoms with Gasteiger partial charge in [-0.3, -0.25) is 9.59 Å². The molecular formula is C21H26N6O2. The average molecular weight is 394 g/mol. The van der Waals surface area contributed by atoms with Gasteiger partial charge in [-0.15, -0.1) is 0 Å². The van der Waals surface area contributed by atoms with Crippen molar-refractivity contribution in [2.45, 2.75) is 44.6 Å². The predicted octanol–water partition coefficient (Wildman–Crippen LogP) is 1.65. The molecule has 0 unspecified atom stereocenters. The lowest BCUT2D eigenvalue weighted by Gasteiger charge is -2.31. The number of nitrogens with zero attached hydrogens (tertiary/aromatic N) is 3. The Morgan fingerprint density at radius 3 is 2.86 bits per heavy atom. The number of ketones is 1. The van der Waals surface area contributed by atoms with Crippen LogP contribution in [0.2, 0.25) is 0 Å². The summed E-state index contributed by atoms with van der Waals surface area (Å²) < 4.78 is 0. The second-order valence-corrected chi connectivity index (χ2v) is 8.37. The molecule has 5 N–H and O–H groups in total. The van der Waals surface area contributed by atoms with Crippen LogP contribution in [0.5, 0.6) is 0 Å². The van der Waals surface area contributed by atoms with Gasteiger partial charge in [-0.25, -0.2) is 4.98 Å². The molecular weight excluding hydrogens is 368 g/mol. The van der Waals surface area contributed by atoms with Crippen LogP contribution in [0.1, 0.15) is 48.2 Å². The Kier molecular flexibility index (Phi) is 4.74. The standard InChI is InChI=1S/C21H26N6O2/c1-21(2)16-9-14(6-5-12(16)8-17(21)28)25-19-15(18(23)29)10-24-20(26-19)27-7-3-4-13(22)11-27/h5-6,9-10,13H,3-4,7-8,11,22H2,1-2H3,(H2,23,29)(H,24,25,26)/t13-/m0/s1. The molecule has 1 amide bonds. The molecule has 0 bridgehead atoms. The van der Waals surface area contributed by atoms with Gasteiger partial charge < -0.3 is 21.7 Å². The quantitative estimate of drug-likeness (QED) is 0.719. The number of fused-ring (bicyclic) bond motifs is 1. The second-order valence-electron chi connectivity index (χ2n) is 8.37. The maximum atomic E-state index is 12.3. The van der Waals surface area contributed by atoms with Crippen molar-refractivity contribution in [3.8, 4) is 0 Å². The molecule has 1 fully saturated rings. The number of piperidine rings is 1. The number of rotatable bonds is 4. The van der Waals surface area contributed by atoms with Gasteiger partial charge in [0, 0.05) is 42.9 Å². The fraction of sp³-hybridized carbons (Fsp3) is 0.429. The molecule has 0 radical (unpaired) electrons. The van der Waals surface area contributed by atoms with Crippen molar-refractivity contribution in [3.63, 3.8) is 0 Å². The van der Waals surface area contributed by atoms with E-state index in [2.05, 4.69) is 15.3 Å². The van der Waals surface area contributed by atoms with Gasteiger partial charge in [-0.1, -0.05) is 6.07 Å². The Hall–Kier alpha value is -3.00. The smallest absolute Gasteiger partial charge is 0.254 e. The van der Waals surface area contributed by atoms with E-state index in [1.165, 1.54) is 6.20 Å². The van der Waals surface area contributed by atoms with E-state index in [9.17, 15) is 9.59 Å². The molecule has 4 rings (SSSR count). The number of nitrogens with one attached hydrogen (secondary N) is 1. The third kappa shape index (κ3) is 3.55. The summed E-state index contributed by atoms with van der Waals surface area (Å²) in [5.74, 6) is 0.465. The van der Waals surface area contributed by atoms with Crippen molar-refractivity contribution in [3.05, 3.63) is 41.1 Å². The second kappa shape index (κ2) is 7.11. The molecule has 0 saturated carbocycles. The minimum atomic E-state index is -0.605. The van der Waals surface area contributed by atoms with Crippen molar-refractivity contribution in [1.29, 1.82) is 0 Å². The molecule has 1 aliphatic heterocycles. The van der Waals surface area contributed by atoms with E-state index in [0.717, 1.165) is 36.2 Å². The number of nitrogens with two attached hydrogens (primary N) is 2. The van der Waals surface area contributed by atoms with Gasteiger partial charge >= 0.3 is 0 Å². The molecule has 29 heavy (non-hydrogen) atoms. The average Bonchev–Trinajstić information content (AvgIpc) is 2.90. The molecule has 8 nitrogen and oxygen atoms in total. The lowest BCUT2D eigenvalue weighted by atomic mass is 9.85. The SMILES string of the molecule is CC1(C)C(=O)Cc2ccc(Nc3nc(N4CCC[C@H](N)C4)ncc3C(N)=O)cc21. The number of carbonyl (C=O) groups is 2. The Morgan fingerprint density at radius 2 is 2.14 bits per heavy atom. The Labute approximate surface area is 169 Å². The van der Waals surface area contributed by atoms with Crippen LogP contribution in [0.3, 0.4) is 0 Å². The van der Waals surface area contributed by atoms with Crippen LogP contribution < -0.4 is 21.7 Å². The number of amides is 1. The van der Waals surface area contributed by atoms with Crippen LogP contribution in [0.4, 0.5) is 17.5 Å². The lowest BCUT2D eigenvalue weighted by Crippen LogP contribution is -2.43. The van der Waals surface area contributed by atoms with Gasteiger partial charge in [0.1, 0.15) is 17.2 Å². The molecule has 0 spiro atoms. The molecule has 1 aromatic heterocycles. The first-order valence-corrected chi connectivity index (χ1v) is 9.87. The van der Waals surface area contributed by atoms with Crippen molar-refractivity contribution in [1.82, 2.24) is 9.97 Å². The fourth-order valence-corrected chi connectivity index (χ4v) is 4.06. The van der Waals surface area contributed by atoms with E-state index in [-0.39, 0.29) is 17.4 Å². The molecule has 2 aliphatic rings. The highest BCUT2D eigenvalue weighted by Gasteiger charge is 2.38. The summed E-state index contributed by atoms with van der Waals surface area (Å²) in [6.45, 7) is 5.35. The topological polar surface area (TPSA) is 127 Å². The number of carbonyl (C=O) groups excluding carboxylic acids is 2. The number of Topliss-reactive ketones (excluding diaryl/α,β-unsaturated/α-hetero) is 1. The molecule has 2 heterocycles. The summed E-state index contributed by atoms with van der Waals surface area (Å²) in [7, 11) is 0. The normalized spacial score (nSPS) is 20.4. The van der Waals surface area contributed by atoms with Crippen LogP contribution in [0.25, 0.3) is 0 Å². The van der Waals surface area contributed by atoms with E-state index >= 15 is 0 Å². The summed E-state index contributed by atoms with van der Waals surface area (Å²) in [6, 6.07) is 5.86. The molecule has 2 aromatic rings. The summed E-state index contributed by atoms with van der Waals surface area (Å²) in [5.41, 5.74) is 14.1. The van der Waals surface area contributed by atoms with E-state index in [0.29, 0.717) is 24.7 Å². The summed E-state index contributed by atoms with van der Waals surface area (Å²) in [6.07, 6.45) is 3.85. The highest BCUT2D eigenvalue weighted by molar-refractivity contribution is 5.99. The Bertz CT molecular complexity index is 987. The summed E-state index contributed by atoms with van der Waals surface area (Å²) in [5, 5.41) is 3.21. The minimum absolute atomic E-state index is 0.0797. The number of anilines is 3. The van der Waals surface area contributed by atoms with Crippen molar-refractivity contribution in [2.75, 3.05) is 23.3 Å². The Morgan fingerprint density at radius 1 is 1.34 bits per heavy atom. The van der Waals surface area contributed by atoms with Crippen molar-refractivity contribution in [2.24, 2.45) is 11.5 Å². The number of hydrogen-bond acceptors (Lipinski definition) is 7. The molecule has 152 valence electrons. The first-order chi connectivity index (χ1) is 13.8. The zero-order valence-electron chi connectivity index (χ0n) is 16.7. The number of benzene rings is 1. The molecule has 1 aliphatic carbocycles. The van der Waals surface area contributed by atoms with Gasteiger partial charge in [0.05, 0.1) is 0 Å². The van der Waals surface area contributed by atoms with Gasteiger partial charge in [0.15, 0.2) is 0 Å². The first kappa shape index (κ1) is 19.3. The van der Waals surface area contributed by atoms with Gasteiger partial charge in [-0.05, 0) is 49.9 Å². The Balaban J connectivity index is 1.67. The summed E-state index contributed by atoms with van der Waals surface area (Å²) >= 11 is 0. The van der Waals surface area contributed by atoms with Crippen LogP contribution in [0.15, 0.2) is 24.4 Å². The van der Waals surface area contributed by atoms with E-state index < -0.39 is 11.3 Å². The van der Waals surface area contributed by atoms with Crippen molar-refractivity contribution < 1.29 is 9.59 Å². The van der Waals surface area contributed by atoms with Gasteiger partial charge in [0.25, 0.3) is 5.91 Å².